The third kappa shape index (κ3) is 3.54. The highest BCUT2D eigenvalue weighted by atomic mass is 16.5. The Morgan fingerprint density at radius 2 is 1.60 bits per heavy atom. The van der Waals surface area contributed by atoms with Gasteiger partial charge in [0.15, 0.2) is 0 Å². The largest absolute Gasteiger partial charge is 0.494 e. The molecule has 3 aromatic carbocycles. The normalized spacial score (nSPS) is 17.8. The number of aromatic nitrogens is 3. The van der Waals surface area contributed by atoms with E-state index >= 15 is 0 Å². The van der Waals surface area contributed by atoms with Crippen LogP contribution in [0.1, 0.15) is 36.6 Å². The van der Waals surface area contributed by atoms with Crippen molar-refractivity contribution in [3.8, 4) is 16.9 Å². The number of nitrogens with zero attached hydrogens (tertiary/aromatic N) is 3. The second-order valence-electron chi connectivity index (χ2n) is 7.47. The number of hydrogen-bond acceptors (Lipinski definition) is 4. The SMILES string of the molecule is CCOc1ccc([C@@H]2C[C@H](c3ccc(-c4ccccc4)cc3)n3ncnc3N2)cc1. The van der Waals surface area contributed by atoms with Gasteiger partial charge in [0, 0.05) is 0 Å². The van der Waals surface area contributed by atoms with Crippen molar-refractivity contribution < 1.29 is 4.74 Å². The van der Waals surface area contributed by atoms with E-state index in [1.54, 1.807) is 6.33 Å². The van der Waals surface area contributed by atoms with Crippen molar-refractivity contribution in [3.63, 3.8) is 0 Å². The second kappa shape index (κ2) is 8.03. The van der Waals surface area contributed by atoms with Crippen LogP contribution in [0, 0.1) is 0 Å². The zero-order valence-corrected chi connectivity index (χ0v) is 16.9. The molecule has 0 bridgehead atoms. The number of fused-ring (bicyclic) bond motifs is 1. The molecule has 2 atom stereocenters. The molecular formula is C25H24N4O. The van der Waals surface area contributed by atoms with Gasteiger partial charge >= 0.3 is 0 Å². The maximum Gasteiger partial charge on any atom is 0.222 e. The van der Waals surface area contributed by atoms with Gasteiger partial charge in [-0.1, -0.05) is 66.7 Å². The van der Waals surface area contributed by atoms with Crippen LogP contribution < -0.4 is 10.1 Å². The summed E-state index contributed by atoms with van der Waals surface area (Å²) < 4.78 is 7.57. The van der Waals surface area contributed by atoms with Gasteiger partial charge in [-0.25, -0.2) is 4.68 Å². The lowest BCUT2D eigenvalue weighted by atomic mass is 9.92. The van der Waals surface area contributed by atoms with Crippen molar-refractivity contribution in [2.45, 2.75) is 25.4 Å². The zero-order valence-electron chi connectivity index (χ0n) is 16.9. The summed E-state index contributed by atoms with van der Waals surface area (Å²) >= 11 is 0. The Balaban J connectivity index is 1.43. The van der Waals surface area contributed by atoms with Gasteiger partial charge in [0.1, 0.15) is 12.1 Å². The van der Waals surface area contributed by atoms with Gasteiger partial charge in [-0.05, 0) is 47.7 Å². The van der Waals surface area contributed by atoms with Crippen LogP contribution in [-0.2, 0) is 0 Å². The van der Waals surface area contributed by atoms with Gasteiger partial charge in [0.25, 0.3) is 0 Å². The highest BCUT2D eigenvalue weighted by Crippen LogP contribution is 2.38. The minimum atomic E-state index is 0.130. The van der Waals surface area contributed by atoms with Crippen LogP contribution >= 0.6 is 0 Å². The van der Waals surface area contributed by atoms with Crippen LogP contribution in [0.25, 0.3) is 11.1 Å². The fourth-order valence-corrected chi connectivity index (χ4v) is 4.11. The maximum atomic E-state index is 5.58. The third-order valence-electron chi connectivity index (χ3n) is 5.63. The number of nitrogens with one attached hydrogen (secondary N) is 1. The molecule has 0 spiro atoms. The smallest absolute Gasteiger partial charge is 0.222 e. The van der Waals surface area contributed by atoms with Crippen LogP contribution in [0.4, 0.5) is 5.95 Å². The first-order chi connectivity index (χ1) is 14.8. The van der Waals surface area contributed by atoms with E-state index in [0.717, 1.165) is 18.1 Å². The van der Waals surface area contributed by atoms with Crippen molar-refractivity contribution >= 4 is 5.95 Å². The van der Waals surface area contributed by atoms with E-state index in [2.05, 4.69) is 76.1 Å². The number of ether oxygens (including phenoxy) is 1. The molecule has 0 saturated carbocycles. The number of rotatable bonds is 5. The van der Waals surface area contributed by atoms with E-state index in [1.807, 2.05) is 29.8 Å². The Hall–Kier alpha value is -3.60. The Labute approximate surface area is 176 Å². The average Bonchev–Trinajstić information content (AvgIpc) is 3.29. The highest BCUT2D eigenvalue weighted by Gasteiger charge is 2.29. The molecule has 1 aromatic heterocycles. The molecule has 30 heavy (non-hydrogen) atoms. The molecule has 1 aliphatic heterocycles. The van der Waals surface area contributed by atoms with Crippen molar-refractivity contribution in [2.75, 3.05) is 11.9 Å². The highest BCUT2D eigenvalue weighted by molar-refractivity contribution is 5.63. The minimum Gasteiger partial charge on any atom is -0.494 e. The molecule has 4 aromatic rings. The molecule has 2 heterocycles. The molecule has 0 aliphatic carbocycles. The van der Waals surface area contributed by atoms with Crippen molar-refractivity contribution in [3.05, 3.63) is 96.3 Å². The Kier molecular flexibility index (Phi) is 4.93. The van der Waals surface area contributed by atoms with Crippen LogP contribution in [0.3, 0.4) is 0 Å². The lowest BCUT2D eigenvalue weighted by Gasteiger charge is -2.32. The van der Waals surface area contributed by atoms with E-state index in [4.69, 9.17) is 4.74 Å². The molecule has 1 N–H and O–H groups in total. The van der Waals surface area contributed by atoms with Gasteiger partial charge in [0.05, 0.1) is 18.7 Å². The summed E-state index contributed by atoms with van der Waals surface area (Å²) in [5.41, 5.74) is 4.90. The summed E-state index contributed by atoms with van der Waals surface area (Å²) in [7, 11) is 0. The molecule has 5 heteroatoms. The summed E-state index contributed by atoms with van der Waals surface area (Å²) in [4.78, 5) is 4.44. The van der Waals surface area contributed by atoms with Crippen molar-refractivity contribution in [1.29, 1.82) is 0 Å². The van der Waals surface area contributed by atoms with E-state index in [1.165, 1.54) is 22.3 Å². The van der Waals surface area contributed by atoms with Gasteiger partial charge in [0.2, 0.25) is 5.95 Å². The fraction of sp³-hybridized carbons (Fsp3) is 0.200. The van der Waals surface area contributed by atoms with E-state index in [0.29, 0.717) is 6.61 Å². The van der Waals surface area contributed by atoms with E-state index in [9.17, 15) is 0 Å². The molecule has 5 rings (SSSR count). The lowest BCUT2D eigenvalue weighted by molar-refractivity contribution is 0.340. The summed E-state index contributed by atoms with van der Waals surface area (Å²) in [6, 6.07) is 27.9. The first-order valence-corrected chi connectivity index (χ1v) is 10.4. The molecule has 0 fully saturated rings. The Morgan fingerprint density at radius 1 is 0.900 bits per heavy atom. The van der Waals surface area contributed by atoms with E-state index in [-0.39, 0.29) is 12.1 Å². The minimum absolute atomic E-state index is 0.130. The molecule has 0 radical (unpaired) electrons. The van der Waals surface area contributed by atoms with Gasteiger partial charge in [-0.2, -0.15) is 10.1 Å². The molecule has 1 aliphatic rings. The van der Waals surface area contributed by atoms with E-state index < -0.39 is 0 Å². The van der Waals surface area contributed by atoms with Gasteiger partial charge < -0.3 is 10.1 Å². The predicted octanol–water partition coefficient (Wildman–Crippen LogP) is 5.49. The topological polar surface area (TPSA) is 52.0 Å². The van der Waals surface area contributed by atoms with Crippen LogP contribution in [-0.4, -0.2) is 21.4 Å². The molecule has 0 unspecified atom stereocenters. The quantitative estimate of drug-likeness (QED) is 0.485. The lowest BCUT2D eigenvalue weighted by Crippen LogP contribution is -2.28. The molecule has 0 saturated heterocycles. The fourth-order valence-electron chi connectivity index (χ4n) is 4.11. The standard InChI is InChI=1S/C25H24N4O/c1-2-30-22-14-12-20(13-15-22)23-16-24(29-25(28-23)26-17-27-29)21-10-8-19(9-11-21)18-6-4-3-5-7-18/h3-15,17,23-24H,2,16H2,1H3,(H,26,27,28)/t23-,24+/m0/s1. The van der Waals surface area contributed by atoms with Crippen LogP contribution in [0.15, 0.2) is 85.2 Å². The van der Waals surface area contributed by atoms with Crippen LogP contribution in [0.5, 0.6) is 5.75 Å². The molecule has 5 nitrogen and oxygen atoms in total. The molecule has 150 valence electrons. The predicted molar refractivity (Wildman–Crippen MR) is 119 cm³/mol. The van der Waals surface area contributed by atoms with Crippen molar-refractivity contribution in [1.82, 2.24) is 14.8 Å². The number of benzene rings is 3. The second-order valence-corrected chi connectivity index (χ2v) is 7.47. The Morgan fingerprint density at radius 3 is 2.33 bits per heavy atom. The molecule has 0 amide bonds. The number of hydrogen-bond donors (Lipinski definition) is 1. The molecular weight excluding hydrogens is 372 g/mol. The van der Waals surface area contributed by atoms with Gasteiger partial charge in [-0.3, -0.25) is 0 Å². The third-order valence-corrected chi connectivity index (χ3v) is 5.63. The summed E-state index contributed by atoms with van der Waals surface area (Å²) in [5.74, 6) is 1.70. The van der Waals surface area contributed by atoms with Crippen molar-refractivity contribution in [2.24, 2.45) is 0 Å². The number of anilines is 1. The average molecular weight is 396 g/mol. The maximum absolute atomic E-state index is 5.58. The van der Waals surface area contributed by atoms with Crippen LogP contribution in [0.2, 0.25) is 0 Å². The Bertz CT molecular complexity index is 1100. The summed E-state index contributed by atoms with van der Waals surface area (Å²) in [6.07, 6.45) is 2.52. The zero-order chi connectivity index (χ0) is 20.3. The summed E-state index contributed by atoms with van der Waals surface area (Å²) in [5, 5.41) is 8.02. The first kappa shape index (κ1) is 18.4. The van der Waals surface area contributed by atoms with Gasteiger partial charge in [-0.15, -0.1) is 0 Å². The first-order valence-electron chi connectivity index (χ1n) is 10.4. The monoisotopic (exact) mass is 396 g/mol. The summed E-state index contributed by atoms with van der Waals surface area (Å²) in [6.45, 7) is 2.67.